The summed E-state index contributed by atoms with van der Waals surface area (Å²) in [5.41, 5.74) is 1.06. The van der Waals surface area contributed by atoms with Crippen molar-refractivity contribution in [3.63, 3.8) is 0 Å². The van der Waals surface area contributed by atoms with Crippen molar-refractivity contribution in [2.75, 3.05) is 0 Å². The van der Waals surface area contributed by atoms with E-state index >= 15 is 0 Å². The van der Waals surface area contributed by atoms with Gasteiger partial charge in [0.15, 0.2) is 0 Å². The van der Waals surface area contributed by atoms with E-state index in [2.05, 4.69) is 31.2 Å². The van der Waals surface area contributed by atoms with E-state index in [1.807, 2.05) is 6.92 Å². The van der Waals surface area contributed by atoms with Crippen LogP contribution in [0.4, 0.5) is 0 Å². The van der Waals surface area contributed by atoms with Gasteiger partial charge in [0.05, 0.1) is 5.60 Å². The predicted molar refractivity (Wildman–Crippen MR) is 70.0 cm³/mol. The number of hydrogen-bond donors (Lipinski definition) is 1. The molecule has 2 rings (SSSR count). The molecule has 0 saturated carbocycles. The van der Waals surface area contributed by atoms with E-state index in [0.717, 1.165) is 18.4 Å². The molecule has 0 aromatic heterocycles. The molecule has 100 valence electrons. The molecule has 1 N–H and O–H groups in total. The summed E-state index contributed by atoms with van der Waals surface area (Å²) >= 11 is 0. The molecule has 18 heavy (non-hydrogen) atoms. The fourth-order valence-corrected chi connectivity index (χ4v) is 2.23. The molecule has 1 aliphatic rings. The highest BCUT2D eigenvalue weighted by atomic mass is 17.2. The Hall–Kier alpha value is -0.900. The Morgan fingerprint density at radius 1 is 1.28 bits per heavy atom. The molecule has 1 aliphatic heterocycles. The number of aryl methyl sites for hydroxylation is 1. The lowest BCUT2D eigenvalue weighted by atomic mass is 9.86. The molecule has 1 aromatic carbocycles. The van der Waals surface area contributed by atoms with Gasteiger partial charge >= 0.3 is 0 Å². The molecule has 3 heteroatoms. The summed E-state index contributed by atoms with van der Waals surface area (Å²) in [6.45, 7) is 7.58. The monoisotopic (exact) mass is 250 g/mol. The number of benzene rings is 1. The van der Waals surface area contributed by atoms with Gasteiger partial charge in [-0.25, -0.2) is 9.78 Å². The second-order valence-corrected chi connectivity index (χ2v) is 5.96. The van der Waals surface area contributed by atoms with Crippen LogP contribution in [0.3, 0.4) is 0 Å². The standard InChI is InChI=1S/C15H22O3/c1-11-5-7-12(8-6-11)15(4)10-9-13(17-18-15)14(2,3)16/h5-8,13,16H,9-10H2,1-4H3/t13-,15?/m0/s1. The number of rotatable bonds is 2. The van der Waals surface area contributed by atoms with Gasteiger partial charge in [-0.3, -0.25) is 0 Å². The molecular weight excluding hydrogens is 228 g/mol. The van der Waals surface area contributed by atoms with Crippen LogP contribution in [-0.2, 0) is 15.4 Å². The summed E-state index contributed by atoms with van der Waals surface area (Å²) in [7, 11) is 0. The number of aliphatic hydroxyl groups is 1. The van der Waals surface area contributed by atoms with Crippen molar-refractivity contribution in [2.24, 2.45) is 0 Å². The van der Waals surface area contributed by atoms with Gasteiger partial charge in [-0.2, -0.15) is 0 Å². The van der Waals surface area contributed by atoms with E-state index in [-0.39, 0.29) is 6.10 Å². The van der Waals surface area contributed by atoms with Crippen molar-refractivity contribution in [3.8, 4) is 0 Å². The smallest absolute Gasteiger partial charge is 0.126 e. The van der Waals surface area contributed by atoms with Crippen LogP contribution in [0.15, 0.2) is 24.3 Å². The van der Waals surface area contributed by atoms with Crippen LogP contribution < -0.4 is 0 Å². The molecule has 0 spiro atoms. The lowest BCUT2D eigenvalue weighted by Gasteiger charge is -2.40. The molecule has 0 radical (unpaired) electrons. The number of hydrogen-bond acceptors (Lipinski definition) is 3. The molecule has 1 unspecified atom stereocenters. The molecule has 1 saturated heterocycles. The summed E-state index contributed by atoms with van der Waals surface area (Å²) in [6, 6.07) is 8.30. The Balaban J connectivity index is 2.10. The fourth-order valence-electron chi connectivity index (χ4n) is 2.23. The van der Waals surface area contributed by atoms with Crippen molar-refractivity contribution in [1.82, 2.24) is 0 Å². The van der Waals surface area contributed by atoms with Crippen molar-refractivity contribution in [1.29, 1.82) is 0 Å². The van der Waals surface area contributed by atoms with Crippen LogP contribution in [0.25, 0.3) is 0 Å². The van der Waals surface area contributed by atoms with Gasteiger partial charge in [0.2, 0.25) is 0 Å². The van der Waals surface area contributed by atoms with Gasteiger partial charge in [0.25, 0.3) is 0 Å². The lowest BCUT2D eigenvalue weighted by Crippen LogP contribution is -2.45. The van der Waals surface area contributed by atoms with E-state index in [0.29, 0.717) is 0 Å². The van der Waals surface area contributed by atoms with Crippen LogP contribution in [0, 0.1) is 6.92 Å². The third kappa shape index (κ3) is 2.74. The SMILES string of the molecule is Cc1ccc(C2(C)CC[C@@H](C(C)(C)O)OO2)cc1. The van der Waals surface area contributed by atoms with Gasteiger partial charge in [-0.1, -0.05) is 29.8 Å². The van der Waals surface area contributed by atoms with Gasteiger partial charge in [-0.05, 0) is 46.1 Å². The summed E-state index contributed by atoms with van der Waals surface area (Å²) in [6.07, 6.45) is 1.36. The highest BCUT2D eigenvalue weighted by Gasteiger charge is 2.40. The molecule has 1 fully saturated rings. The Labute approximate surface area is 109 Å². The molecule has 2 atom stereocenters. The maximum atomic E-state index is 9.91. The van der Waals surface area contributed by atoms with E-state index < -0.39 is 11.2 Å². The highest BCUT2D eigenvalue weighted by Crippen LogP contribution is 2.38. The molecular formula is C15H22O3. The zero-order valence-corrected chi connectivity index (χ0v) is 11.6. The maximum absolute atomic E-state index is 9.91. The van der Waals surface area contributed by atoms with Gasteiger partial charge in [-0.15, -0.1) is 0 Å². The molecule has 3 nitrogen and oxygen atoms in total. The van der Waals surface area contributed by atoms with E-state index in [1.165, 1.54) is 5.56 Å². The van der Waals surface area contributed by atoms with Crippen LogP contribution in [-0.4, -0.2) is 16.8 Å². The third-order valence-corrected chi connectivity index (χ3v) is 3.68. The molecule has 1 heterocycles. The Morgan fingerprint density at radius 2 is 1.89 bits per heavy atom. The van der Waals surface area contributed by atoms with Crippen molar-refractivity contribution < 1.29 is 14.9 Å². The Bertz CT molecular complexity index is 395. The first-order valence-corrected chi connectivity index (χ1v) is 6.45. The Morgan fingerprint density at radius 3 is 2.33 bits per heavy atom. The van der Waals surface area contributed by atoms with E-state index in [9.17, 15) is 5.11 Å². The van der Waals surface area contributed by atoms with Crippen LogP contribution >= 0.6 is 0 Å². The van der Waals surface area contributed by atoms with Gasteiger partial charge in [0, 0.05) is 0 Å². The first-order valence-electron chi connectivity index (χ1n) is 6.45. The van der Waals surface area contributed by atoms with E-state index in [4.69, 9.17) is 9.78 Å². The van der Waals surface area contributed by atoms with Crippen LogP contribution in [0.2, 0.25) is 0 Å². The average Bonchev–Trinajstić information content (AvgIpc) is 2.29. The molecule has 1 aromatic rings. The molecule has 0 aliphatic carbocycles. The third-order valence-electron chi connectivity index (χ3n) is 3.68. The maximum Gasteiger partial charge on any atom is 0.126 e. The minimum Gasteiger partial charge on any atom is -0.388 e. The van der Waals surface area contributed by atoms with Crippen molar-refractivity contribution >= 4 is 0 Å². The quantitative estimate of drug-likeness (QED) is 0.820. The largest absolute Gasteiger partial charge is 0.388 e. The highest BCUT2D eigenvalue weighted by molar-refractivity contribution is 5.26. The first-order chi connectivity index (χ1) is 8.31. The second kappa shape index (κ2) is 4.65. The topological polar surface area (TPSA) is 38.7 Å². The van der Waals surface area contributed by atoms with E-state index in [1.54, 1.807) is 13.8 Å². The predicted octanol–water partition coefficient (Wildman–Crippen LogP) is 3.09. The summed E-state index contributed by atoms with van der Waals surface area (Å²) in [5, 5.41) is 9.91. The lowest BCUT2D eigenvalue weighted by molar-refractivity contribution is -0.427. The molecule has 0 bridgehead atoms. The summed E-state index contributed by atoms with van der Waals surface area (Å²) in [5.74, 6) is 0. The zero-order chi connectivity index (χ0) is 13.4. The first kappa shape index (κ1) is 13.5. The van der Waals surface area contributed by atoms with Crippen molar-refractivity contribution in [3.05, 3.63) is 35.4 Å². The minimum absolute atomic E-state index is 0.268. The second-order valence-electron chi connectivity index (χ2n) is 5.96. The average molecular weight is 250 g/mol. The van der Waals surface area contributed by atoms with Crippen molar-refractivity contribution in [2.45, 2.75) is 57.8 Å². The van der Waals surface area contributed by atoms with Crippen LogP contribution in [0.1, 0.15) is 44.7 Å². The Kier molecular flexibility index (Phi) is 3.49. The van der Waals surface area contributed by atoms with Crippen LogP contribution in [0.5, 0.6) is 0 Å². The minimum atomic E-state index is -0.866. The summed E-state index contributed by atoms with van der Waals surface area (Å²) < 4.78 is 0. The summed E-state index contributed by atoms with van der Waals surface area (Å²) in [4.78, 5) is 11.0. The van der Waals surface area contributed by atoms with Gasteiger partial charge < -0.3 is 5.11 Å². The fraction of sp³-hybridized carbons (Fsp3) is 0.600. The zero-order valence-electron chi connectivity index (χ0n) is 11.6. The van der Waals surface area contributed by atoms with Gasteiger partial charge in [0.1, 0.15) is 11.7 Å². The normalized spacial score (nSPS) is 29.3. The molecule has 0 amide bonds.